The number of halogens is 3. The monoisotopic (exact) mass is 221 g/mol. The number of hydrogen-bond acceptors (Lipinski definition) is 4. The van der Waals surface area contributed by atoms with E-state index >= 15 is 0 Å². The van der Waals surface area contributed by atoms with Gasteiger partial charge in [0.25, 0.3) is 6.43 Å². The van der Waals surface area contributed by atoms with Crippen LogP contribution in [-0.4, -0.2) is 23.2 Å². The topological polar surface area (TPSA) is 59.4 Å². The fourth-order valence-electron chi connectivity index (χ4n) is 0.952. The third-order valence-corrected chi connectivity index (χ3v) is 1.63. The quantitative estimate of drug-likeness (QED) is 0.771. The van der Waals surface area contributed by atoms with Crippen molar-refractivity contribution in [2.24, 2.45) is 0 Å². The van der Waals surface area contributed by atoms with E-state index in [-0.39, 0.29) is 0 Å². The molecule has 4 nitrogen and oxygen atoms in total. The van der Waals surface area contributed by atoms with Crippen LogP contribution in [0, 0.1) is 5.82 Å². The highest BCUT2D eigenvalue weighted by Gasteiger charge is 2.27. The molecule has 0 unspecified atom stereocenters. The van der Waals surface area contributed by atoms with Crippen molar-refractivity contribution in [2.75, 3.05) is 7.11 Å². The fourth-order valence-corrected chi connectivity index (χ4v) is 0.952. The number of hydrogen-bond donors (Lipinski definition) is 1. The van der Waals surface area contributed by atoms with Crippen LogP contribution in [0.25, 0.3) is 0 Å². The Labute approximate surface area is 82.3 Å². The van der Waals surface area contributed by atoms with Gasteiger partial charge in [-0.25, -0.2) is 22.9 Å². The molecule has 0 saturated heterocycles. The lowest BCUT2D eigenvalue weighted by molar-refractivity contribution is 0.0579. The highest BCUT2D eigenvalue weighted by atomic mass is 19.3. The van der Waals surface area contributed by atoms with Crippen LogP contribution >= 0.6 is 0 Å². The lowest BCUT2D eigenvalue weighted by atomic mass is 10.2. The molecule has 0 spiro atoms. The minimum Gasteiger partial charge on any atom is -0.504 e. The molecule has 0 atom stereocenters. The summed E-state index contributed by atoms with van der Waals surface area (Å²) >= 11 is 0. The third kappa shape index (κ3) is 2.00. The Bertz CT molecular complexity index is 395. The first-order valence-corrected chi connectivity index (χ1v) is 3.72. The van der Waals surface area contributed by atoms with E-state index in [0.717, 1.165) is 7.11 Å². The Morgan fingerprint density at radius 1 is 1.60 bits per heavy atom. The summed E-state index contributed by atoms with van der Waals surface area (Å²) in [6.07, 6.45) is -2.70. The summed E-state index contributed by atoms with van der Waals surface area (Å²) in [6.45, 7) is 0. The standard InChI is InChI=1S/C8H6F3NO3/c1-15-8(14)6-4(7(10)11)5(9)3(13)2-12-6/h2,7,13H,1H3. The maximum absolute atomic E-state index is 13.0. The van der Waals surface area contributed by atoms with Crippen molar-refractivity contribution in [3.63, 3.8) is 0 Å². The number of ether oxygens (including phenoxy) is 1. The first-order chi connectivity index (χ1) is 6.99. The molecule has 82 valence electrons. The van der Waals surface area contributed by atoms with Gasteiger partial charge in [-0.15, -0.1) is 0 Å². The molecule has 15 heavy (non-hydrogen) atoms. The lowest BCUT2D eigenvalue weighted by Gasteiger charge is -2.07. The van der Waals surface area contributed by atoms with Gasteiger partial charge in [0.15, 0.2) is 17.3 Å². The van der Waals surface area contributed by atoms with Crippen LogP contribution in [0.15, 0.2) is 6.20 Å². The van der Waals surface area contributed by atoms with Gasteiger partial charge in [-0.05, 0) is 0 Å². The van der Waals surface area contributed by atoms with Crippen LogP contribution in [0.1, 0.15) is 22.5 Å². The molecule has 0 bridgehead atoms. The minimum atomic E-state index is -3.27. The number of carbonyl (C=O) groups is 1. The number of aromatic hydroxyl groups is 1. The summed E-state index contributed by atoms with van der Waals surface area (Å²) in [5.41, 5.74) is -2.11. The highest BCUT2D eigenvalue weighted by molar-refractivity contribution is 5.89. The van der Waals surface area contributed by atoms with Crippen LogP contribution in [-0.2, 0) is 4.74 Å². The molecule has 0 saturated carbocycles. The summed E-state index contributed by atoms with van der Waals surface area (Å²) in [7, 11) is 0.948. The Morgan fingerprint density at radius 2 is 2.20 bits per heavy atom. The second-order valence-corrected chi connectivity index (χ2v) is 2.51. The predicted octanol–water partition coefficient (Wildman–Crippen LogP) is 1.65. The van der Waals surface area contributed by atoms with E-state index in [0.29, 0.717) is 6.20 Å². The largest absolute Gasteiger partial charge is 0.504 e. The van der Waals surface area contributed by atoms with Crippen molar-refractivity contribution >= 4 is 5.97 Å². The van der Waals surface area contributed by atoms with E-state index in [9.17, 15) is 18.0 Å². The Kier molecular flexibility index (Phi) is 3.13. The van der Waals surface area contributed by atoms with Gasteiger partial charge in [0, 0.05) is 0 Å². The van der Waals surface area contributed by atoms with Crippen LogP contribution in [0.2, 0.25) is 0 Å². The number of pyridine rings is 1. The second kappa shape index (κ2) is 4.16. The van der Waals surface area contributed by atoms with E-state index in [2.05, 4.69) is 9.72 Å². The van der Waals surface area contributed by atoms with Crippen molar-refractivity contribution in [1.82, 2.24) is 4.98 Å². The molecule has 0 aliphatic heterocycles. The van der Waals surface area contributed by atoms with Crippen LogP contribution in [0.4, 0.5) is 13.2 Å². The van der Waals surface area contributed by atoms with Gasteiger partial charge in [0.05, 0.1) is 18.9 Å². The van der Waals surface area contributed by atoms with Crippen molar-refractivity contribution in [2.45, 2.75) is 6.43 Å². The van der Waals surface area contributed by atoms with Crippen molar-refractivity contribution in [3.8, 4) is 5.75 Å². The lowest BCUT2D eigenvalue weighted by Crippen LogP contribution is -2.11. The van der Waals surface area contributed by atoms with E-state index in [4.69, 9.17) is 5.11 Å². The van der Waals surface area contributed by atoms with Crippen molar-refractivity contribution in [1.29, 1.82) is 0 Å². The number of alkyl halides is 2. The highest BCUT2D eigenvalue weighted by Crippen LogP contribution is 2.29. The molecule has 0 aliphatic rings. The molecule has 0 aromatic carbocycles. The molecular formula is C8H6F3NO3. The zero-order valence-electron chi connectivity index (χ0n) is 7.50. The zero-order valence-corrected chi connectivity index (χ0v) is 7.50. The number of esters is 1. The summed E-state index contributed by atoms with van der Waals surface area (Å²) in [5, 5.41) is 8.80. The van der Waals surface area contributed by atoms with Crippen LogP contribution < -0.4 is 0 Å². The van der Waals surface area contributed by atoms with Gasteiger partial charge in [0.2, 0.25) is 0 Å². The fraction of sp³-hybridized carbons (Fsp3) is 0.250. The van der Waals surface area contributed by atoms with Crippen molar-refractivity contribution in [3.05, 3.63) is 23.3 Å². The maximum Gasteiger partial charge on any atom is 0.357 e. The Morgan fingerprint density at radius 3 is 2.67 bits per heavy atom. The van der Waals surface area contributed by atoms with Gasteiger partial charge in [-0.2, -0.15) is 0 Å². The summed E-state index contributed by atoms with van der Waals surface area (Å²) in [5.74, 6) is -3.80. The summed E-state index contributed by atoms with van der Waals surface area (Å²) < 4.78 is 41.9. The molecule has 1 aromatic heterocycles. The van der Waals surface area contributed by atoms with Gasteiger partial charge in [-0.1, -0.05) is 0 Å². The number of rotatable bonds is 2. The number of carbonyl (C=O) groups excluding carboxylic acids is 1. The smallest absolute Gasteiger partial charge is 0.357 e. The number of methoxy groups -OCH3 is 1. The first kappa shape index (κ1) is 11.3. The van der Waals surface area contributed by atoms with Gasteiger partial charge < -0.3 is 9.84 Å². The van der Waals surface area contributed by atoms with Gasteiger partial charge in [-0.3, -0.25) is 0 Å². The molecule has 0 fully saturated rings. The Balaban J connectivity index is 3.40. The molecule has 1 N–H and O–H groups in total. The van der Waals surface area contributed by atoms with Gasteiger partial charge in [0.1, 0.15) is 0 Å². The Hall–Kier alpha value is -1.79. The SMILES string of the molecule is COC(=O)c1ncc(O)c(F)c1C(F)F. The molecule has 7 heteroatoms. The van der Waals surface area contributed by atoms with Gasteiger partial charge >= 0.3 is 5.97 Å². The normalized spacial score (nSPS) is 10.5. The summed E-state index contributed by atoms with van der Waals surface area (Å²) in [4.78, 5) is 14.1. The predicted molar refractivity (Wildman–Crippen MR) is 42.2 cm³/mol. The van der Waals surface area contributed by atoms with E-state index in [1.165, 1.54) is 0 Å². The molecule has 0 radical (unpaired) electrons. The molecule has 1 heterocycles. The summed E-state index contributed by atoms with van der Waals surface area (Å²) in [6, 6.07) is 0. The number of nitrogens with zero attached hydrogens (tertiary/aromatic N) is 1. The third-order valence-electron chi connectivity index (χ3n) is 1.63. The zero-order chi connectivity index (χ0) is 11.6. The molecular weight excluding hydrogens is 215 g/mol. The minimum absolute atomic E-state index is 0.563. The molecule has 1 aromatic rings. The van der Waals surface area contributed by atoms with E-state index in [1.54, 1.807) is 0 Å². The van der Waals surface area contributed by atoms with Crippen molar-refractivity contribution < 1.29 is 27.8 Å². The molecule has 0 aliphatic carbocycles. The first-order valence-electron chi connectivity index (χ1n) is 3.72. The average molecular weight is 221 g/mol. The molecule has 1 rings (SSSR count). The molecule has 0 amide bonds. The average Bonchev–Trinajstić information content (AvgIpc) is 2.20. The van der Waals surface area contributed by atoms with E-state index < -0.39 is 35.2 Å². The number of aromatic nitrogens is 1. The second-order valence-electron chi connectivity index (χ2n) is 2.51. The van der Waals surface area contributed by atoms with Crippen LogP contribution in [0.5, 0.6) is 5.75 Å². The van der Waals surface area contributed by atoms with E-state index in [1.807, 2.05) is 0 Å². The van der Waals surface area contributed by atoms with Crippen LogP contribution in [0.3, 0.4) is 0 Å². The maximum atomic E-state index is 13.0.